The van der Waals surface area contributed by atoms with Crippen LogP contribution < -0.4 is 10.6 Å². The molecule has 0 spiro atoms. The fraction of sp³-hybridized carbons (Fsp3) is 0.444. The molecule has 148 valence electrons. The van der Waals surface area contributed by atoms with Gasteiger partial charge in [0.15, 0.2) is 0 Å². The number of nitrogens with one attached hydrogen (secondary N) is 2. The van der Waals surface area contributed by atoms with E-state index >= 15 is 0 Å². The average Bonchev–Trinajstić information content (AvgIpc) is 2.57. The lowest BCUT2D eigenvalue weighted by atomic mass is 10.1. The second-order valence-corrected chi connectivity index (χ2v) is 6.65. The Hall–Kier alpha value is -3.10. The minimum absolute atomic E-state index is 0.0309. The topological polar surface area (TPSA) is 131 Å². The number of hydrogen-bond acceptors (Lipinski definition) is 6. The van der Waals surface area contributed by atoms with Gasteiger partial charge < -0.3 is 25.2 Å². The van der Waals surface area contributed by atoms with Crippen LogP contribution in [0.5, 0.6) is 0 Å². The van der Waals surface area contributed by atoms with Crippen molar-refractivity contribution in [2.45, 2.75) is 45.4 Å². The molecule has 9 heteroatoms. The Morgan fingerprint density at radius 2 is 1.70 bits per heavy atom. The summed E-state index contributed by atoms with van der Waals surface area (Å²) >= 11 is 0. The zero-order valence-electron chi connectivity index (χ0n) is 15.5. The lowest BCUT2D eigenvalue weighted by Gasteiger charge is -2.20. The van der Waals surface area contributed by atoms with Crippen molar-refractivity contribution >= 4 is 23.9 Å². The van der Waals surface area contributed by atoms with Crippen molar-refractivity contribution < 1.29 is 33.8 Å². The van der Waals surface area contributed by atoms with Gasteiger partial charge >= 0.3 is 18.2 Å². The van der Waals surface area contributed by atoms with Gasteiger partial charge in [0.05, 0.1) is 0 Å². The molecule has 0 bridgehead atoms. The quantitative estimate of drug-likeness (QED) is 0.587. The van der Waals surface area contributed by atoms with E-state index in [1.54, 1.807) is 45.0 Å². The smallest absolute Gasteiger partial charge is 0.408 e. The number of ether oxygens (including phenoxy) is 2. The molecule has 0 saturated carbocycles. The summed E-state index contributed by atoms with van der Waals surface area (Å²) in [6.45, 7) is 4.96. The number of aliphatic carboxylic acids is 1. The standard InChI is InChI=1S/C18H24N2O7/c1-18(2,3)27-16(24)19-10-9-13(14(21)15(22)23)20-17(25)26-11-12-7-5-4-6-8-12/h4-8,13H,9-11H2,1-3H3,(H,19,24)(H,20,25)(H,22,23)/t13-/m0/s1. The Bertz CT molecular complexity index is 668. The van der Waals surface area contributed by atoms with Crippen molar-refractivity contribution in [2.24, 2.45) is 0 Å². The number of rotatable bonds is 8. The first-order valence-electron chi connectivity index (χ1n) is 8.29. The summed E-state index contributed by atoms with van der Waals surface area (Å²) in [5.74, 6) is -2.90. The van der Waals surface area contributed by atoms with E-state index in [1.807, 2.05) is 6.07 Å². The van der Waals surface area contributed by atoms with Gasteiger partial charge in [-0.25, -0.2) is 14.4 Å². The molecule has 0 saturated heterocycles. The molecular weight excluding hydrogens is 356 g/mol. The van der Waals surface area contributed by atoms with Gasteiger partial charge in [0, 0.05) is 6.54 Å². The van der Waals surface area contributed by atoms with Crippen LogP contribution in [0.15, 0.2) is 30.3 Å². The third-order valence-electron chi connectivity index (χ3n) is 3.13. The molecule has 1 rings (SSSR count). The Morgan fingerprint density at radius 3 is 2.26 bits per heavy atom. The van der Waals surface area contributed by atoms with Crippen molar-refractivity contribution in [2.75, 3.05) is 6.54 Å². The molecule has 0 fully saturated rings. The van der Waals surface area contributed by atoms with E-state index in [9.17, 15) is 19.2 Å². The van der Waals surface area contributed by atoms with Crippen LogP contribution in [0.3, 0.4) is 0 Å². The Morgan fingerprint density at radius 1 is 1.07 bits per heavy atom. The van der Waals surface area contributed by atoms with Crippen molar-refractivity contribution in [1.82, 2.24) is 10.6 Å². The van der Waals surface area contributed by atoms with Gasteiger partial charge in [-0.1, -0.05) is 30.3 Å². The maximum atomic E-state index is 11.8. The molecule has 0 aliphatic rings. The van der Waals surface area contributed by atoms with Gasteiger partial charge in [-0.3, -0.25) is 4.79 Å². The summed E-state index contributed by atoms with van der Waals surface area (Å²) in [7, 11) is 0. The largest absolute Gasteiger partial charge is 0.475 e. The van der Waals surface area contributed by atoms with E-state index in [-0.39, 0.29) is 19.6 Å². The van der Waals surface area contributed by atoms with Gasteiger partial charge in [0.2, 0.25) is 0 Å². The number of carboxylic acid groups (broad SMARTS) is 1. The minimum atomic E-state index is -1.69. The van der Waals surface area contributed by atoms with Gasteiger partial charge in [-0.15, -0.1) is 0 Å². The monoisotopic (exact) mass is 380 g/mol. The second-order valence-electron chi connectivity index (χ2n) is 6.65. The van der Waals surface area contributed by atoms with E-state index in [0.29, 0.717) is 0 Å². The summed E-state index contributed by atoms with van der Waals surface area (Å²) < 4.78 is 10.0. The highest BCUT2D eigenvalue weighted by atomic mass is 16.6. The van der Waals surface area contributed by atoms with Crippen molar-refractivity contribution in [3.8, 4) is 0 Å². The molecule has 0 unspecified atom stereocenters. The first kappa shape index (κ1) is 21.9. The summed E-state index contributed by atoms with van der Waals surface area (Å²) in [5.41, 5.74) is 0.0419. The molecular formula is C18H24N2O7. The molecule has 1 atom stereocenters. The number of hydrogen-bond donors (Lipinski definition) is 3. The van der Waals surface area contributed by atoms with Crippen molar-refractivity contribution in [3.63, 3.8) is 0 Å². The number of carboxylic acids is 1. The Balaban J connectivity index is 2.53. The number of alkyl carbamates (subject to hydrolysis) is 2. The Labute approximate surface area is 157 Å². The zero-order chi connectivity index (χ0) is 20.4. The van der Waals surface area contributed by atoms with Crippen LogP contribution in [0, 0.1) is 0 Å². The second kappa shape index (κ2) is 10.1. The third-order valence-corrected chi connectivity index (χ3v) is 3.13. The normalized spacial score (nSPS) is 11.8. The minimum Gasteiger partial charge on any atom is -0.475 e. The molecule has 1 aromatic rings. The van der Waals surface area contributed by atoms with Crippen molar-refractivity contribution in [1.29, 1.82) is 0 Å². The molecule has 0 radical (unpaired) electrons. The van der Waals surface area contributed by atoms with Crippen LogP contribution in [0.4, 0.5) is 9.59 Å². The molecule has 1 aromatic carbocycles. The van der Waals surface area contributed by atoms with Gasteiger partial charge in [0.1, 0.15) is 18.2 Å². The maximum Gasteiger partial charge on any atom is 0.408 e. The zero-order valence-corrected chi connectivity index (χ0v) is 15.5. The summed E-state index contributed by atoms with van der Waals surface area (Å²) in [5, 5.41) is 13.5. The van der Waals surface area contributed by atoms with E-state index in [1.165, 1.54) is 0 Å². The van der Waals surface area contributed by atoms with Crippen LogP contribution in [-0.4, -0.2) is 47.2 Å². The van der Waals surface area contributed by atoms with Crippen LogP contribution >= 0.6 is 0 Å². The fourth-order valence-electron chi connectivity index (χ4n) is 1.96. The molecule has 0 aliphatic heterocycles. The lowest BCUT2D eigenvalue weighted by molar-refractivity contribution is -0.150. The predicted octanol–water partition coefficient (Wildman–Crippen LogP) is 1.85. The van der Waals surface area contributed by atoms with Gasteiger partial charge in [-0.2, -0.15) is 0 Å². The molecule has 2 amide bonds. The highest BCUT2D eigenvalue weighted by molar-refractivity contribution is 6.35. The molecule has 0 heterocycles. The molecule has 3 N–H and O–H groups in total. The number of amides is 2. The molecule has 0 aliphatic carbocycles. The van der Waals surface area contributed by atoms with Gasteiger partial charge in [-0.05, 0) is 32.8 Å². The summed E-state index contributed by atoms with van der Waals surface area (Å²) in [6.07, 6.45) is -1.78. The molecule has 27 heavy (non-hydrogen) atoms. The fourth-order valence-corrected chi connectivity index (χ4v) is 1.96. The number of ketones is 1. The lowest BCUT2D eigenvalue weighted by Crippen LogP contribution is -2.46. The maximum absolute atomic E-state index is 11.8. The first-order valence-corrected chi connectivity index (χ1v) is 8.29. The van der Waals surface area contributed by atoms with E-state index in [4.69, 9.17) is 14.6 Å². The number of Topliss-reactive ketones (excluding diaryl/α,β-unsaturated/α-hetero) is 1. The third kappa shape index (κ3) is 9.24. The van der Waals surface area contributed by atoms with Crippen LogP contribution in [-0.2, 0) is 25.7 Å². The molecule has 0 aromatic heterocycles. The Kier molecular flexibility index (Phi) is 8.25. The van der Waals surface area contributed by atoms with E-state index in [0.717, 1.165) is 5.56 Å². The van der Waals surface area contributed by atoms with E-state index < -0.39 is 35.6 Å². The number of carbonyl (C=O) groups is 4. The summed E-state index contributed by atoms with van der Waals surface area (Å²) in [4.78, 5) is 46.1. The van der Waals surface area contributed by atoms with Crippen LogP contribution in [0.1, 0.15) is 32.8 Å². The number of carbonyl (C=O) groups excluding carboxylic acids is 3. The van der Waals surface area contributed by atoms with E-state index in [2.05, 4.69) is 10.6 Å². The highest BCUT2D eigenvalue weighted by Gasteiger charge is 2.27. The van der Waals surface area contributed by atoms with Crippen LogP contribution in [0.2, 0.25) is 0 Å². The highest BCUT2D eigenvalue weighted by Crippen LogP contribution is 2.06. The number of benzene rings is 1. The van der Waals surface area contributed by atoms with Crippen molar-refractivity contribution in [3.05, 3.63) is 35.9 Å². The predicted molar refractivity (Wildman–Crippen MR) is 95.0 cm³/mol. The summed E-state index contributed by atoms with van der Waals surface area (Å²) in [6, 6.07) is 7.50. The molecule has 9 nitrogen and oxygen atoms in total. The first-order chi connectivity index (χ1) is 12.6. The average molecular weight is 380 g/mol. The SMILES string of the molecule is CC(C)(C)OC(=O)NCC[C@H](NC(=O)OCc1ccccc1)C(=O)C(=O)O. The van der Waals surface area contributed by atoms with Crippen LogP contribution in [0.25, 0.3) is 0 Å². The van der Waals surface area contributed by atoms with Gasteiger partial charge in [0.25, 0.3) is 5.78 Å².